The number of imidazole rings is 1. The second kappa shape index (κ2) is 5.04. The van der Waals surface area contributed by atoms with Gasteiger partial charge in [-0.15, -0.1) is 11.8 Å². The molecule has 0 spiro atoms. The molecule has 19 heavy (non-hydrogen) atoms. The van der Waals surface area contributed by atoms with Crippen molar-refractivity contribution in [2.24, 2.45) is 0 Å². The van der Waals surface area contributed by atoms with Gasteiger partial charge in [-0.3, -0.25) is 4.57 Å². The summed E-state index contributed by atoms with van der Waals surface area (Å²) in [6.45, 7) is -0.199. The van der Waals surface area contributed by atoms with Crippen molar-refractivity contribution in [3.8, 4) is 0 Å². The van der Waals surface area contributed by atoms with Gasteiger partial charge in [-0.2, -0.15) is 0 Å². The number of aromatic nitrogens is 4. The first-order valence-electron chi connectivity index (χ1n) is 5.90. The summed E-state index contributed by atoms with van der Waals surface area (Å²) >= 11 is 1.50. The van der Waals surface area contributed by atoms with Gasteiger partial charge in [0.1, 0.15) is 29.2 Å². The van der Waals surface area contributed by atoms with E-state index in [-0.39, 0.29) is 12.8 Å². The van der Waals surface area contributed by atoms with Crippen LogP contribution in [0.25, 0.3) is 11.2 Å². The second-order valence-corrected chi connectivity index (χ2v) is 5.12. The quantitative estimate of drug-likeness (QED) is 0.613. The summed E-state index contributed by atoms with van der Waals surface area (Å²) in [4.78, 5) is 12.7. The first-order chi connectivity index (χ1) is 9.24. The molecule has 0 unspecified atom stereocenters. The molecule has 2 aromatic heterocycles. The fraction of sp³-hybridized carbons (Fsp3) is 0.545. The summed E-state index contributed by atoms with van der Waals surface area (Å²) in [5.74, 6) is 0. The first kappa shape index (κ1) is 12.8. The van der Waals surface area contributed by atoms with E-state index in [2.05, 4.69) is 15.0 Å². The highest BCUT2D eigenvalue weighted by atomic mass is 32.2. The molecule has 2 aromatic rings. The van der Waals surface area contributed by atoms with Gasteiger partial charge in [0.2, 0.25) is 0 Å². The van der Waals surface area contributed by atoms with Crippen molar-refractivity contribution in [1.29, 1.82) is 0 Å². The third-order valence-corrected chi connectivity index (χ3v) is 3.90. The number of hydrogen-bond donors (Lipinski definition) is 2. The Balaban J connectivity index is 1.98. The summed E-state index contributed by atoms with van der Waals surface area (Å²) in [7, 11) is 0. The Kier molecular flexibility index (Phi) is 3.40. The van der Waals surface area contributed by atoms with Gasteiger partial charge in [0.15, 0.2) is 5.65 Å². The molecule has 3 rings (SSSR count). The molecular weight excluding hydrogens is 268 g/mol. The molecule has 0 radical (unpaired) electrons. The Bertz CT molecular complexity index is 590. The lowest BCUT2D eigenvalue weighted by molar-refractivity contribution is -0.0432. The van der Waals surface area contributed by atoms with Crippen molar-refractivity contribution < 1.29 is 14.9 Å². The maximum atomic E-state index is 9.78. The number of nitrogens with zero attached hydrogens (tertiary/aromatic N) is 4. The van der Waals surface area contributed by atoms with Crippen LogP contribution in [0.15, 0.2) is 17.7 Å². The third-order valence-electron chi connectivity index (χ3n) is 3.21. The van der Waals surface area contributed by atoms with E-state index >= 15 is 0 Å². The maximum absolute atomic E-state index is 9.78. The average molecular weight is 282 g/mol. The Morgan fingerprint density at radius 3 is 3.00 bits per heavy atom. The minimum atomic E-state index is -0.672. The Hall–Kier alpha value is -1.22. The molecule has 0 bridgehead atoms. The van der Waals surface area contributed by atoms with Gasteiger partial charge < -0.3 is 14.9 Å². The molecule has 8 heteroatoms. The van der Waals surface area contributed by atoms with Gasteiger partial charge in [0.05, 0.1) is 19.0 Å². The molecule has 7 nitrogen and oxygen atoms in total. The third kappa shape index (κ3) is 2.10. The molecule has 1 aliphatic heterocycles. The average Bonchev–Trinajstić information content (AvgIpc) is 3.01. The van der Waals surface area contributed by atoms with Crippen molar-refractivity contribution >= 4 is 22.9 Å². The summed E-state index contributed by atoms with van der Waals surface area (Å²) in [6, 6.07) is 0. The smallest absolute Gasteiger partial charge is 0.166 e. The molecule has 0 aliphatic carbocycles. The van der Waals surface area contributed by atoms with Crippen LogP contribution in [0.2, 0.25) is 0 Å². The highest BCUT2D eigenvalue weighted by molar-refractivity contribution is 7.98. The molecular formula is C11H14N4O3S. The van der Waals surface area contributed by atoms with Crippen LogP contribution in [0, 0.1) is 0 Å². The molecule has 3 heterocycles. The van der Waals surface area contributed by atoms with E-state index in [4.69, 9.17) is 9.84 Å². The monoisotopic (exact) mass is 282 g/mol. The Morgan fingerprint density at radius 1 is 1.47 bits per heavy atom. The zero-order chi connectivity index (χ0) is 13.4. The van der Waals surface area contributed by atoms with Crippen LogP contribution in [0.1, 0.15) is 12.6 Å². The number of rotatable bonds is 3. The predicted octanol–water partition coefficient (Wildman–Crippen LogP) is 0.189. The summed E-state index contributed by atoms with van der Waals surface area (Å²) in [6.07, 6.45) is 3.88. The van der Waals surface area contributed by atoms with Crippen molar-refractivity contribution in [2.75, 3.05) is 12.9 Å². The van der Waals surface area contributed by atoms with Crippen molar-refractivity contribution in [3.05, 3.63) is 12.7 Å². The number of aliphatic hydroxyl groups excluding tert-OH is 2. The lowest BCUT2D eigenvalue weighted by Gasteiger charge is -2.13. The highest BCUT2D eigenvalue weighted by Crippen LogP contribution is 2.31. The summed E-state index contributed by atoms with van der Waals surface area (Å²) in [5.41, 5.74) is 1.40. The van der Waals surface area contributed by atoms with E-state index in [0.29, 0.717) is 12.1 Å². The van der Waals surface area contributed by atoms with Gasteiger partial charge in [-0.25, -0.2) is 15.0 Å². The van der Waals surface area contributed by atoms with E-state index in [9.17, 15) is 5.11 Å². The molecule has 1 aliphatic rings. The molecule has 1 saturated heterocycles. The van der Waals surface area contributed by atoms with Crippen LogP contribution in [0.4, 0.5) is 0 Å². The zero-order valence-electron chi connectivity index (χ0n) is 10.3. The van der Waals surface area contributed by atoms with Crippen molar-refractivity contribution in [1.82, 2.24) is 19.5 Å². The van der Waals surface area contributed by atoms with Gasteiger partial charge >= 0.3 is 0 Å². The number of thioether (sulfide) groups is 1. The lowest BCUT2D eigenvalue weighted by atomic mass is 10.2. The fourth-order valence-electron chi connectivity index (χ4n) is 2.24. The normalized spacial score (nSPS) is 27.2. The number of hydrogen-bond acceptors (Lipinski definition) is 7. The largest absolute Gasteiger partial charge is 0.394 e. The zero-order valence-corrected chi connectivity index (χ0v) is 11.1. The summed E-state index contributed by atoms with van der Waals surface area (Å²) < 4.78 is 7.38. The highest BCUT2D eigenvalue weighted by Gasteiger charge is 2.35. The minimum Gasteiger partial charge on any atom is -0.394 e. The molecule has 1 fully saturated rings. The Morgan fingerprint density at radius 2 is 2.32 bits per heavy atom. The van der Waals surface area contributed by atoms with Gasteiger partial charge in [-0.05, 0) is 6.26 Å². The fourth-order valence-corrected chi connectivity index (χ4v) is 2.73. The topological polar surface area (TPSA) is 93.3 Å². The van der Waals surface area contributed by atoms with E-state index in [0.717, 1.165) is 10.5 Å². The molecule has 0 saturated carbocycles. The first-order valence-corrected chi connectivity index (χ1v) is 7.13. The van der Waals surface area contributed by atoms with Gasteiger partial charge in [-0.1, -0.05) is 0 Å². The number of ether oxygens (including phenoxy) is 1. The maximum Gasteiger partial charge on any atom is 0.166 e. The number of aliphatic hydroxyl groups is 2. The standard InChI is InChI=1S/C11H14N4O3S/c1-19-11-9-10(12-4-13-11)15(5-14-9)8-2-6(17)7(3-16)18-8/h4-8,16-17H,2-3H2,1H3/t6-,7+,8+/m1/s1. The van der Waals surface area contributed by atoms with E-state index in [1.165, 1.54) is 18.1 Å². The van der Waals surface area contributed by atoms with Crippen LogP contribution in [0.3, 0.4) is 0 Å². The van der Waals surface area contributed by atoms with Crippen LogP contribution < -0.4 is 0 Å². The van der Waals surface area contributed by atoms with Gasteiger partial charge in [0, 0.05) is 6.42 Å². The second-order valence-electron chi connectivity index (χ2n) is 4.32. The van der Waals surface area contributed by atoms with Gasteiger partial charge in [0.25, 0.3) is 0 Å². The van der Waals surface area contributed by atoms with Crippen molar-refractivity contribution in [2.45, 2.75) is 29.9 Å². The van der Waals surface area contributed by atoms with Crippen LogP contribution in [-0.2, 0) is 4.74 Å². The molecule has 0 amide bonds. The van der Waals surface area contributed by atoms with Crippen molar-refractivity contribution in [3.63, 3.8) is 0 Å². The van der Waals surface area contributed by atoms with E-state index in [1.807, 2.05) is 6.26 Å². The molecule has 0 aromatic carbocycles. The predicted molar refractivity (Wildman–Crippen MR) is 68.7 cm³/mol. The molecule has 3 atom stereocenters. The van der Waals surface area contributed by atoms with E-state index < -0.39 is 12.2 Å². The van der Waals surface area contributed by atoms with Crippen LogP contribution in [-0.4, -0.2) is 54.8 Å². The number of fused-ring (bicyclic) bond motifs is 1. The Labute approximate surface area is 113 Å². The van der Waals surface area contributed by atoms with Crippen LogP contribution >= 0.6 is 11.8 Å². The van der Waals surface area contributed by atoms with E-state index in [1.54, 1.807) is 10.9 Å². The van der Waals surface area contributed by atoms with Crippen LogP contribution in [0.5, 0.6) is 0 Å². The lowest BCUT2D eigenvalue weighted by Crippen LogP contribution is -2.24. The molecule has 102 valence electrons. The molecule has 2 N–H and O–H groups in total. The minimum absolute atomic E-state index is 0.199. The SMILES string of the molecule is CSc1ncnc2c1ncn2[C@@H]1C[C@@H](O)[C@H](CO)O1. The summed E-state index contributed by atoms with van der Waals surface area (Å²) in [5, 5.41) is 19.7.